The molecule has 0 amide bonds. The molecule has 0 radical (unpaired) electrons. The van der Waals surface area contributed by atoms with Crippen LogP contribution in [0.5, 0.6) is 0 Å². The number of nitrogens with one attached hydrogen (secondary N) is 3. The summed E-state index contributed by atoms with van der Waals surface area (Å²) in [7, 11) is 1.91. The van der Waals surface area contributed by atoms with Crippen LogP contribution in [-0.4, -0.2) is 29.9 Å². The molecular weight excluding hydrogens is 180 g/mol. The zero-order chi connectivity index (χ0) is 10.1. The minimum absolute atomic E-state index is 0.128. The Morgan fingerprint density at radius 1 is 1.50 bits per heavy atom. The Hall–Kier alpha value is -1.07. The lowest BCUT2D eigenvalue weighted by Crippen LogP contribution is -2.48. The van der Waals surface area contributed by atoms with Gasteiger partial charge in [0, 0.05) is 32.1 Å². The first-order chi connectivity index (χ1) is 6.65. The number of hydrazine groups is 2. The van der Waals surface area contributed by atoms with Crippen LogP contribution in [0.2, 0.25) is 0 Å². The molecule has 0 bridgehead atoms. The van der Waals surface area contributed by atoms with Gasteiger partial charge in [-0.25, -0.2) is 0 Å². The summed E-state index contributed by atoms with van der Waals surface area (Å²) >= 11 is 0. The van der Waals surface area contributed by atoms with Crippen molar-refractivity contribution in [2.45, 2.75) is 31.8 Å². The fraction of sp³-hybridized carbons (Fsp3) is 0.667. The molecule has 14 heavy (non-hydrogen) atoms. The number of hydrogen-bond acceptors (Lipinski definition) is 5. The maximum atomic E-state index is 11.4. The van der Waals surface area contributed by atoms with Crippen LogP contribution in [-0.2, 0) is 4.79 Å². The lowest BCUT2D eigenvalue weighted by Gasteiger charge is -2.28. The normalized spacial score (nSPS) is 32.9. The molecule has 5 heteroatoms. The highest BCUT2D eigenvalue weighted by Gasteiger charge is 2.28. The largest absolute Gasteiger partial charge is 0.305 e. The highest BCUT2D eigenvalue weighted by molar-refractivity contribution is 5.81. The summed E-state index contributed by atoms with van der Waals surface area (Å²) in [6.07, 6.45) is 3.19. The molecule has 1 fully saturated rings. The number of nitrogens with zero attached hydrogens (tertiary/aromatic N) is 1. The molecule has 0 aromatic carbocycles. The molecule has 78 valence electrons. The van der Waals surface area contributed by atoms with E-state index < -0.39 is 0 Å². The van der Waals surface area contributed by atoms with Crippen LogP contribution in [0.25, 0.3) is 0 Å². The van der Waals surface area contributed by atoms with Crippen molar-refractivity contribution in [1.82, 2.24) is 21.3 Å². The summed E-state index contributed by atoms with van der Waals surface area (Å²) < 4.78 is 0. The summed E-state index contributed by atoms with van der Waals surface area (Å²) in [5, 5.41) is 5.23. The van der Waals surface area contributed by atoms with Crippen molar-refractivity contribution in [2.75, 3.05) is 7.05 Å². The minimum Gasteiger partial charge on any atom is -0.305 e. The second-order valence-electron chi connectivity index (χ2n) is 4.00. The summed E-state index contributed by atoms with van der Waals surface area (Å²) in [5.74, 6) is 0.332. The smallest absolute Gasteiger partial charge is 0.136 e. The fourth-order valence-electron chi connectivity index (χ4n) is 1.92. The van der Waals surface area contributed by atoms with Crippen molar-refractivity contribution in [2.24, 2.45) is 0 Å². The van der Waals surface area contributed by atoms with Crippen LogP contribution < -0.4 is 16.3 Å². The molecule has 0 aromatic heterocycles. The summed E-state index contributed by atoms with van der Waals surface area (Å²) in [6.45, 7) is 2.04. The van der Waals surface area contributed by atoms with Gasteiger partial charge in [-0.1, -0.05) is 0 Å². The zero-order valence-electron chi connectivity index (χ0n) is 8.50. The number of carbonyl (C=O) groups is 1. The van der Waals surface area contributed by atoms with Crippen LogP contribution in [0.15, 0.2) is 11.9 Å². The van der Waals surface area contributed by atoms with E-state index in [4.69, 9.17) is 0 Å². The van der Waals surface area contributed by atoms with Gasteiger partial charge in [0.1, 0.15) is 5.78 Å². The van der Waals surface area contributed by atoms with Crippen molar-refractivity contribution in [3.05, 3.63) is 11.9 Å². The average molecular weight is 196 g/mol. The van der Waals surface area contributed by atoms with Crippen LogP contribution in [0.3, 0.4) is 0 Å². The van der Waals surface area contributed by atoms with Gasteiger partial charge in [-0.3, -0.25) is 9.80 Å². The number of Topliss-reactive ketones (excluding diaryl/α,β-unsaturated/α-hetero) is 1. The van der Waals surface area contributed by atoms with E-state index in [1.165, 1.54) is 0 Å². The Bertz CT molecular complexity index is 276. The SMILES string of the molecule is C[C@H]1CC(=O)C[C@@H](C2=CN(C)NN2)N1. The maximum absolute atomic E-state index is 11.4. The Balaban J connectivity index is 2.03. The lowest BCUT2D eigenvalue weighted by molar-refractivity contribution is -0.121. The van der Waals surface area contributed by atoms with E-state index in [2.05, 4.69) is 16.3 Å². The topological polar surface area (TPSA) is 56.4 Å². The third kappa shape index (κ3) is 1.88. The molecule has 0 aliphatic carbocycles. The number of carbonyl (C=O) groups excluding carboxylic acids is 1. The molecule has 0 unspecified atom stereocenters. The van der Waals surface area contributed by atoms with Gasteiger partial charge in [-0.15, -0.1) is 5.53 Å². The standard InChI is InChI=1S/C9H16N4O/c1-6-3-7(14)4-8(10-6)9-5-13(2)12-11-9/h5-6,8,10-12H,3-4H2,1-2H3/t6-,8-/m0/s1. The molecule has 2 rings (SSSR count). The van der Waals surface area contributed by atoms with Crippen molar-refractivity contribution in [3.8, 4) is 0 Å². The average Bonchev–Trinajstić information content (AvgIpc) is 2.50. The monoisotopic (exact) mass is 196 g/mol. The molecule has 3 N–H and O–H groups in total. The minimum atomic E-state index is 0.128. The van der Waals surface area contributed by atoms with E-state index in [0.29, 0.717) is 18.6 Å². The van der Waals surface area contributed by atoms with Crippen LogP contribution >= 0.6 is 0 Å². The third-order valence-corrected chi connectivity index (χ3v) is 2.54. The van der Waals surface area contributed by atoms with E-state index in [9.17, 15) is 4.79 Å². The Morgan fingerprint density at radius 3 is 2.86 bits per heavy atom. The first kappa shape index (κ1) is 9.48. The van der Waals surface area contributed by atoms with Gasteiger partial charge in [0.25, 0.3) is 0 Å². The Kier molecular flexibility index (Phi) is 2.43. The molecule has 2 atom stereocenters. The van der Waals surface area contributed by atoms with E-state index in [0.717, 1.165) is 5.70 Å². The molecule has 5 nitrogen and oxygen atoms in total. The van der Waals surface area contributed by atoms with Crippen molar-refractivity contribution >= 4 is 5.78 Å². The van der Waals surface area contributed by atoms with Gasteiger partial charge in [0.15, 0.2) is 0 Å². The van der Waals surface area contributed by atoms with Crippen LogP contribution in [0, 0.1) is 0 Å². The predicted octanol–water partition coefficient (Wildman–Crippen LogP) is -0.508. The van der Waals surface area contributed by atoms with Gasteiger partial charge in [-0.05, 0) is 6.92 Å². The summed E-state index contributed by atoms with van der Waals surface area (Å²) in [5.41, 5.74) is 7.01. The van der Waals surface area contributed by atoms with E-state index in [1.54, 1.807) is 0 Å². The summed E-state index contributed by atoms with van der Waals surface area (Å²) in [6, 6.07) is 0.401. The molecule has 2 aliphatic rings. The van der Waals surface area contributed by atoms with Gasteiger partial charge < -0.3 is 10.7 Å². The molecule has 2 aliphatic heterocycles. The Labute approximate surface area is 83.5 Å². The second kappa shape index (κ2) is 3.59. The van der Waals surface area contributed by atoms with Gasteiger partial charge in [0.2, 0.25) is 0 Å². The molecule has 1 saturated heterocycles. The lowest BCUT2D eigenvalue weighted by atomic mass is 9.96. The van der Waals surface area contributed by atoms with Crippen molar-refractivity contribution in [1.29, 1.82) is 0 Å². The van der Waals surface area contributed by atoms with Gasteiger partial charge >= 0.3 is 0 Å². The zero-order valence-corrected chi connectivity index (χ0v) is 8.50. The summed E-state index contributed by atoms with van der Waals surface area (Å²) in [4.78, 5) is 11.4. The van der Waals surface area contributed by atoms with Crippen LogP contribution in [0.4, 0.5) is 0 Å². The third-order valence-electron chi connectivity index (χ3n) is 2.54. The highest BCUT2D eigenvalue weighted by Crippen LogP contribution is 2.15. The van der Waals surface area contributed by atoms with E-state index in [1.807, 2.05) is 25.2 Å². The van der Waals surface area contributed by atoms with Crippen molar-refractivity contribution in [3.63, 3.8) is 0 Å². The second-order valence-corrected chi connectivity index (χ2v) is 4.00. The number of ketones is 1. The molecular formula is C9H16N4O. The molecule has 2 heterocycles. The predicted molar refractivity (Wildman–Crippen MR) is 52.7 cm³/mol. The Morgan fingerprint density at radius 2 is 2.29 bits per heavy atom. The first-order valence-electron chi connectivity index (χ1n) is 4.89. The number of rotatable bonds is 1. The fourth-order valence-corrected chi connectivity index (χ4v) is 1.92. The van der Waals surface area contributed by atoms with E-state index in [-0.39, 0.29) is 12.1 Å². The van der Waals surface area contributed by atoms with Gasteiger partial charge in [-0.2, -0.15) is 0 Å². The quantitative estimate of drug-likeness (QED) is 0.527. The maximum Gasteiger partial charge on any atom is 0.136 e. The van der Waals surface area contributed by atoms with Crippen molar-refractivity contribution < 1.29 is 4.79 Å². The molecule has 0 saturated carbocycles. The molecule has 0 aromatic rings. The first-order valence-corrected chi connectivity index (χ1v) is 4.89. The van der Waals surface area contributed by atoms with Crippen LogP contribution in [0.1, 0.15) is 19.8 Å². The van der Waals surface area contributed by atoms with Gasteiger partial charge in [0.05, 0.1) is 11.7 Å². The highest BCUT2D eigenvalue weighted by atomic mass is 16.1. The molecule has 0 spiro atoms. The number of piperidine rings is 1. The number of hydrogen-bond donors (Lipinski definition) is 3. The van der Waals surface area contributed by atoms with E-state index >= 15 is 0 Å².